The molecule has 0 aliphatic heterocycles. The molecule has 0 unspecified atom stereocenters. The van der Waals surface area contributed by atoms with Crippen molar-refractivity contribution < 1.29 is 0 Å². The summed E-state index contributed by atoms with van der Waals surface area (Å²) in [6.07, 6.45) is 7.53. The summed E-state index contributed by atoms with van der Waals surface area (Å²) in [7, 11) is 0. The summed E-state index contributed by atoms with van der Waals surface area (Å²) < 4.78 is 0. The fourth-order valence-corrected chi connectivity index (χ4v) is 2.95. The van der Waals surface area contributed by atoms with Crippen LogP contribution in [0.2, 0.25) is 0 Å². The summed E-state index contributed by atoms with van der Waals surface area (Å²) >= 11 is 0. The van der Waals surface area contributed by atoms with Gasteiger partial charge in [0.25, 0.3) is 0 Å². The van der Waals surface area contributed by atoms with E-state index in [-0.39, 0.29) is 0 Å². The van der Waals surface area contributed by atoms with E-state index in [1.54, 1.807) is 0 Å². The quantitative estimate of drug-likeness (QED) is 0.864. The van der Waals surface area contributed by atoms with Gasteiger partial charge >= 0.3 is 0 Å². The minimum Gasteiger partial charge on any atom is -0.369 e. The number of para-hydroxylation sites is 1. The summed E-state index contributed by atoms with van der Waals surface area (Å²) in [6.45, 7) is 3.10. The number of hydrogen-bond acceptors (Lipinski definition) is 4. The van der Waals surface area contributed by atoms with Crippen LogP contribution >= 0.6 is 0 Å². The normalized spacial score (nSPS) is 16.0. The van der Waals surface area contributed by atoms with Crippen LogP contribution < -0.4 is 10.6 Å². The first-order valence-electron chi connectivity index (χ1n) is 8.14. The van der Waals surface area contributed by atoms with E-state index >= 15 is 0 Å². The summed E-state index contributed by atoms with van der Waals surface area (Å²) in [5, 5.41) is 8.05. The Balaban J connectivity index is 1.87. The number of aromatic nitrogens is 2. The SMILES string of the molecule is CCCNc1nc(NC2CCCCC2)nc2ccccc12. The Morgan fingerprint density at radius 2 is 1.90 bits per heavy atom. The molecule has 1 saturated carbocycles. The van der Waals surface area contributed by atoms with E-state index in [0.717, 1.165) is 35.6 Å². The van der Waals surface area contributed by atoms with Gasteiger partial charge in [-0.2, -0.15) is 4.98 Å². The summed E-state index contributed by atoms with van der Waals surface area (Å²) in [4.78, 5) is 9.38. The molecule has 1 heterocycles. The lowest BCUT2D eigenvalue weighted by molar-refractivity contribution is 0.461. The first-order valence-corrected chi connectivity index (χ1v) is 8.14. The van der Waals surface area contributed by atoms with Gasteiger partial charge in [-0.3, -0.25) is 0 Å². The second-order valence-electron chi connectivity index (χ2n) is 5.82. The van der Waals surface area contributed by atoms with Gasteiger partial charge in [-0.25, -0.2) is 4.98 Å². The van der Waals surface area contributed by atoms with E-state index in [1.165, 1.54) is 32.1 Å². The van der Waals surface area contributed by atoms with Crippen molar-refractivity contribution in [1.29, 1.82) is 0 Å². The Hall–Kier alpha value is -1.84. The average molecular weight is 284 g/mol. The van der Waals surface area contributed by atoms with Crippen molar-refractivity contribution >= 4 is 22.7 Å². The molecule has 0 bridgehead atoms. The summed E-state index contributed by atoms with van der Waals surface area (Å²) in [5.74, 6) is 1.71. The molecule has 2 N–H and O–H groups in total. The first kappa shape index (κ1) is 14.1. The smallest absolute Gasteiger partial charge is 0.225 e. The van der Waals surface area contributed by atoms with Crippen molar-refractivity contribution in [3.63, 3.8) is 0 Å². The molecule has 21 heavy (non-hydrogen) atoms. The zero-order valence-electron chi connectivity index (χ0n) is 12.7. The lowest BCUT2D eigenvalue weighted by Crippen LogP contribution is -2.23. The Kier molecular flexibility index (Phi) is 4.53. The van der Waals surface area contributed by atoms with E-state index in [2.05, 4.69) is 34.7 Å². The fraction of sp³-hybridized carbons (Fsp3) is 0.529. The standard InChI is InChI=1S/C17H24N4/c1-2-12-18-16-14-10-6-7-11-15(14)20-17(21-16)19-13-8-4-3-5-9-13/h6-7,10-11,13H,2-5,8-9,12H2,1H3,(H2,18,19,20,21). The van der Waals surface area contributed by atoms with Crippen LogP contribution in [0.15, 0.2) is 24.3 Å². The molecule has 1 aliphatic rings. The highest BCUT2D eigenvalue weighted by Gasteiger charge is 2.15. The Morgan fingerprint density at radius 1 is 1.10 bits per heavy atom. The van der Waals surface area contributed by atoms with Crippen molar-refractivity contribution in [3.8, 4) is 0 Å². The molecule has 1 aliphatic carbocycles. The predicted octanol–water partition coefficient (Wildman–Crippen LogP) is 4.20. The Morgan fingerprint density at radius 3 is 2.71 bits per heavy atom. The zero-order valence-corrected chi connectivity index (χ0v) is 12.7. The fourth-order valence-electron chi connectivity index (χ4n) is 2.95. The molecular formula is C17H24N4. The van der Waals surface area contributed by atoms with Crippen LogP contribution in [0.5, 0.6) is 0 Å². The molecule has 0 atom stereocenters. The lowest BCUT2D eigenvalue weighted by Gasteiger charge is -2.23. The van der Waals surface area contributed by atoms with Crippen LogP contribution in [-0.4, -0.2) is 22.6 Å². The van der Waals surface area contributed by atoms with Crippen LogP contribution in [0.1, 0.15) is 45.4 Å². The van der Waals surface area contributed by atoms with Gasteiger partial charge in [-0.05, 0) is 31.4 Å². The third-order valence-electron chi connectivity index (χ3n) is 4.08. The third-order valence-corrected chi connectivity index (χ3v) is 4.08. The van der Waals surface area contributed by atoms with Gasteiger partial charge in [0, 0.05) is 18.0 Å². The maximum Gasteiger partial charge on any atom is 0.225 e. The summed E-state index contributed by atoms with van der Waals surface area (Å²) in [6, 6.07) is 8.73. The zero-order chi connectivity index (χ0) is 14.5. The molecule has 1 aromatic heterocycles. The lowest BCUT2D eigenvalue weighted by atomic mass is 9.96. The number of nitrogens with zero attached hydrogens (tertiary/aromatic N) is 2. The monoisotopic (exact) mass is 284 g/mol. The van der Waals surface area contributed by atoms with Gasteiger partial charge in [-0.1, -0.05) is 38.3 Å². The molecule has 2 aromatic rings. The third kappa shape index (κ3) is 3.43. The molecule has 4 nitrogen and oxygen atoms in total. The van der Waals surface area contributed by atoms with Crippen LogP contribution in [0.4, 0.5) is 11.8 Å². The largest absolute Gasteiger partial charge is 0.369 e. The maximum absolute atomic E-state index is 4.70. The molecular weight excluding hydrogens is 260 g/mol. The van der Waals surface area contributed by atoms with E-state index in [0.29, 0.717) is 6.04 Å². The molecule has 1 aromatic carbocycles. The van der Waals surface area contributed by atoms with E-state index in [9.17, 15) is 0 Å². The number of hydrogen-bond donors (Lipinski definition) is 2. The minimum absolute atomic E-state index is 0.527. The van der Waals surface area contributed by atoms with Gasteiger partial charge in [0.2, 0.25) is 5.95 Å². The molecule has 1 fully saturated rings. The topological polar surface area (TPSA) is 49.8 Å². The molecule has 0 radical (unpaired) electrons. The number of anilines is 2. The highest BCUT2D eigenvalue weighted by Crippen LogP contribution is 2.24. The first-order chi connectivity index (χ1) is 10.4. The van der Waals surface area contributed by atoms with E-state index < -0.39 is 0 Å². The molecule has 4 heteroatoms. The Labute approximate surface area is 126 Å². The van der Waals surface area contributed by atoms with Gasteiger partial charge in [-0.15, -0.1) is 0 Å². The van der Waals surface area contributed by atoms with E-state index in [1.807, 2.05) is 12.1 Å². The van der Waals surface area contributed by atoms with Crippen molar-refractivity contribution in [3.05, 3.63) is 24.3 Å². The van der Waals surface area contributed by atoms with E-state index in [4.69, 9.17) is 4.98 Å². The molecule has 0 spiro atoms. The van der Waals surface area contributed by atoms with Crippen molar-refractivity contribution in [2.45, 2.75) is 51.5 Å². The minimum atomic E-state index is 0.527. The number of benzene rings is 1. The highest BCUT2D eigenvalue weighted by molar-refractivity contribution is 5.90. The second kappa shape index (κ2) is 6.74. The molecule has 0 amide bonds. The van der Waals surface area contributed by atoms with Gasteiger partial charge in [0.05, 0.1) is 5.52 Å². The average Bonchev–Trinajstić information content (AvgIpc) is 2.53. The second-order valence-corrected chi connectivity index (χ2v) is 5.82. The number of fused-ring (bicyclic) bond motifs is 1. The number of rotatable bonds is 5. The predicted molar refractivity (Wildman–Crippen MR) is 88.8 cm³/mol. The number of nitrogens with one attached hydrogen (secondary N) is 2. The van der Waals surface area contributed by atoms with Crippen LogP contribution in [0.25, 0.3) is 10.9 Å². The molecule has 0 saturated heterocycles. The van der Waals surface area contributed by atoms with Crippen LogP contribution in [0.3, 0.4) is 0 Å². The highest BCUT2D eigenvalue weighted by atomic mass is 15.2. The Bertz CT molecular complexity index is 590. The van der Waals surface area contributed by atoms with Gasteiger partial charge in [0.15, 0.2) is 0 Å². The van der Waals surface area contributed by atoms with Crippen molar-refractivity contribution in [2.75, 3.05) is 17.2 Å². The van der Waals surface area contributed by atoms with Crippen LogP contribution in [0, 0.1) is 0 Å². The van der Waals surface area contributed by atoms with Crippen LogP contribution in [-0.2, 0) is 0 Å². The van der Waals surface area contributed by atoms with Crippen molar-refractivity contribution in [1.82, 2.24) is 9.97 Å². The maximum atomic E-state index is 4.70. The summed E-state index contributed by atoms with van der Waals surface area (Å²) in [5.41, 5.74) is 1.00. The van der Waals surface area contributed by atoms with Gasteiger partial charge in [0.1, 0.15) is 5.82 Å². The molecule has 112 valence electrons. The molecule has 3 rings (SSSR count). The van der Waals surface area contributed by atoms with Crippen molar-refractivity contribution in [2.24, 2.45) is 0 Å². The van der Waals surface area contributed by atoms with Gasteiger partial charge < -0.3 is 10.6 Å².